The topological polar surface area (TPSA) is 48.9 Å². The number of guanidine groups is 1. The van der Waals surface area contributed by atoms with Crippen molar-refractivity contribution in [2.75, 3.05) is 52.5 Å². The highest BCUT2D eigenvalue weighted by molar-refractivity contribution is 14.0. The summed E-state index contributed by atoms with van der Waals surface area (Å²) in [6.07, 6.45) is 3.88. The Bertz CT molecular complexity index is 278. The molecule has 1 aliphatic heterocycles. The second kappa shape index (κ2) is 10.6. The minimum absolute atomic E-state index is 0. The van der Waals surface area contributed by atoms with Crippen LogP contribution in [-0.4, -0.2) is 63.3 Å². The zero-order chi connectivity index (χ0) is 13.3. The molecule has 0 bridgehead atoms. The van der Waals surface area contributed by atoms with E-state index in [4.69, 9.17) is 4.74 Å². The largest absolute Gasteiger partial charge is 0.379 e. The van der Waals surface area contributed by atoms with Gasteiger partial charge >= 0.3 is 0 Å². The molecule has 2 fully saturated rings. The van der Waals surface area contributed by atoms with E-state index in [-0.39, 0.29) is 24.0 Å². The lowest BCUT2D eigenvalue weighted by atomic mass is 10.3. The Morgan fingerprint density at radius 1 is 1.25 bits per heavy atom. The highest BCUT2D eigenvalue weighted by Gasteiger charge is 2.20. The predicted octanol–water partition coefficient (Wildman–Crippen LogP) is 1.29. The fourth-order valence-electron chi connectivity index (χ4n) is 2.20. The van der Waals surface area contributed by atoms with Crippen molar-refractivity contribution in [1.29, 1.82) is 0 Å². The number of morpholine rings is 1. The van der Waals surface area contributed by atoms with Gasteiger partial charge in [0.05, 0.1) is 13.2 Å². The van der Waals surface area contributed by atoms with Crippen molar-refractivity contribution >= 4 is 29.9 Å². The molecule has 0 atom stereocenters. The van der Waals surface area contributed by atoms with Crippen LogP contribution in [0.1, 0.15) is 26.2 Å². The molecule has 0 radical (unpaired) electrons. The number of aliphatic imine (C=N–C) groups is 1. The van der Waals surface area contributed by atoms with Gasteiger partial charge in [-0.05, 0) is 38.6 Å². The van der Waals surface area contributed by atoms with E-state index in [1.165, 1.54) is 12.8 Å². The second-order valence-corrected chi connectivity index (χ2v) is 5.40. The lowest BCUT2D eigenvalue weighted by molar-refractivity contribution is 0.0376. The van der Waals surface area contributed by atoms with Crippen molar-refractivity contribution < 1.29 is 4.74 Å². The second-order valence-electron chi connectivity index (χ2n) is 5.40. The van der Waals surface area contributed by atoms with Crippen molar-refractivity contribution in [3.63, 3.8) is 0 Å². The fraction of sp³-hybridized carbons (Fsp3) is 0.929. The minimum atomic E-state index is 0. The molecule has 6 heteroatoms. The highest BCUT2D eigenvalue weighted by atomic mass is 127. The van der Waals surface area contributed by atoms with Crippen molar-refractivity contribution in [2.45, 2.75) is 26.2 Å². The van der Waals surface area contributed by atoms with Gasteiger partial charge in [-0.2, -0.15) is 0 Å². The first-order valence-corrected chi connectivity index (χ1v) is 7.70. The molecule has 0 aromatic rings. The van der Waals surface area contributed by atoms with Gasteiger partial charge in [0.15, 0.2) is 5.96 Å². The van der Waals surface area contributed by atoms with Crippen LogP contribution in [0.4, 0.5) is 0 Å². The number of nitrogens with zero attached hydrogens (tertiary/aromatic N) is 2. The lowest BCUT2D eigenvalue weighted by Gasteiger charge is -2.26. The molecule has 0 aromatic heterocycles. The first kappa shape index (κ1) is 18.0. The lowest BCUT2D eigenvalue weighted by Crippen LogP contribution is -2.40. The van der Waals surface area contributed by atoms with Crippen LogP contribution in [0.2, 0.25) is 0 Å². The minimum Gasteiger partial charge on any atom is -0.379 e. The zero-order valence-electron chi connectivity index (χ0n) is 12.6. The molecule has 1 aliphatic carbocycles. The van der Waals surface area contributed by atoms with Crippen molar-refractivity contribution in [3.8, 4) is 0 Å². The van der Waals surface area contributed by atoms with Crippen LogP contribution in [0.15, 0.2) is 4.99 Å². The van der Waals surface area contributed by atoms with E-state index in [0.29, 0.717) is 0 Å². The first-order chi connectivity index (χ1) is 9.38. The molecule has 2 aliphatic rings. The maximum Gasteiger partial charge on any atom is 0.191 e. The third-order valence-corrected chi connectivity index (χ3v) is 3.60. The first-order valence-electron chi connectivity index (χ1n) is 7.70. The van der Waals surface area contributed by atoms with E-state index >= 15 is 0 Å². The van der Waals surface area contributed by atoms with Crippen LogP contribution < -0.4 is 10.6 Å². The SMILES string of the molecule is CCNC(=NCC1CC1)NCCCN1CCOCC1.I. The molecule has 2 rings (SSSR count). The number of nitrogens with one attached hydrogen (secondary N) is 2. The van der Waals surface area contributed by atoms with E-state index in [2.05, 4.69) is 27.4 Å². The third-order valence-electron chi connectivity index (χ3n) is 3.60. The number of halogens is 1. The molecule has 20 heavy (non-hydrogen) atoms. The predicted molar refractivity (Wildman–Crippen MR) is 94.0 cm³/mol. The van der Waals surface area contributed by atoms with Crippen molar-refractivity contribution in [2.24, 2.45) is 10.9 Å². The van der Waals surface area contributed by atoms with Gasteiger partial charge in [-0.1, -0.05) is 0 Å². The van der Waals surface area contributed by atoms with Crippen LogP contribution >= 0.6 is 24.0 Å². The van der Waals surface area contributed by atoms with Crippen LogP contribution in [-0.2, 0) is 4.74 Å². The Labute approximate surface area is 139 Å². The summed E-state index contributed by atoms with van der Waals surface area (Å²) in [7, 11) is 0. The van der Waals surface area contributed by atoms with Gasteiger partial charge in [0.1, 0.15) is 0 Å². The van der Waals surface area contributed by atoms with Gasteiger partial charge in [0.25, 0.3) is 0 Å². The van der Waals surface area contributed by atoms with E-state index in [1.807, 2.05) is 0 Å². The Balaban J connectivity index is 0.00000200. The average Bonchev–Trinajstić information content (AvgIpc) is 3.26. The smallest absolute Gasteiger partial charge is 0.191 e. The van der Waals surface area contributed by atoms with Gasteiger partial charge in [-0.25, -0.2) is 0 Å². The Hall–Kier alpha value is -0.0800. The van der Waals surface area contributed by atoms with Crippen molar-refractivity contribution in [1.82, 2.24) is 15.5 Å². The maximum absolute atomic E-state index is 5.35. The number of ether oxygens (including phenoxy) is 1. The molecular weight excluding hydrogens is 367 g/mol. The van der Waals surface area contributed by atoms with Gasteiger partial charge in [-0.3, -0.25) is 9.89 Å². The van der Waals surface area contributed by atoms with E-state index < -0.39 is 0 Å². The Morgan fingerprint density at radius 3 is 2.65 bits per heavy atom. The number of hydrogen-bond donors (Lipinski definition) is 2. The summed E-state index contributed by atoms with van der Waals surface area (Å²) in [6, 6.07) is 0. The zero-order valence-corrected chi connectivity index (χ0v) is 14.9. The molecule has 0 spiro atoms. The summed E-state index contributed by atoms with van der Waals surface area (Å²) >= 11 is 0. The summed E-state index contributed by atoms with van der Waals surface area (Å²) in [5, 5.41) is 6.73. The van der Waals surface area contributed by atoms with Crippen LogP contribution in [0.3, 0.4) is 0 Å². The Morgan fingerprint density at radius 2 is 2.00 bits per heavy atom. The number of hydrogen-bond acceptors (Lipinski definition) is 3. The van der Waals surface area contributed by atoms with Gasteiger partial charge in [0, 0.05) is 32.7 Å². The molecule has 0 amide bonds. The van der Waals surface area contributed by atoms with Gasteiger partial charge in [0.2, 0.25) is 0 Å². The summed E-state index contributed by atoms with van der Waals surface area (Å²) < 4.78 is 5.35. The summed E-state index contributed by atoms with van der Waals surface area (Å²) in [6.45, 7) is 10.1. The molecule has 1 saturated carbocycles. The molecule has 0 aromatic carbocycles. The molecule has 5 nitrogen and oxygen atoms in total. The van der Waals surface area contributed by atoms with Gasteiger partial charge < -0.3 is 15.4 Å². The van der Waals surface area contributed by atoms with Crippen molar-refractivity contribution in [3.05, 3.63) is 0 Å². The maximum atomic E-state index is 5.35. The van der Waals surface area contributed by atoms with E-state index in [0.717, 1.165) is 70.8 Å². The van der Waals surface area contributed by atoms with E-state index in [9.17, 15) is 0 Å². The van der Waals surface area contributed by atoms with Crippen LogP contribution in [0, 0.1) is 5.92 Å². The van der Waals surface area contributed by atoms with Crippen LogP contribution in [0.25, 0.3) is 0 Å². The molecule has 2 N–H and O–H groups in total. The summed E-state index contributed by atoms with van der Waals surface area (Å²) in [5.74, 6) is 1.83. The third kappa shape index (κ3) is 7.64. The normalized spacial score (nSPS) is 20.4. The number of rotatable bonds is 7. The summed E-state index contributed by atoms with van der Waals surface area (Å²) in [4.78, 5) is 7.09. The molecule has 118 valence electrons. The Kier molecular flexibility index (Phi) is 9.54. The fourth-order valence-corrected chi connectivity index (χ4v) is 2.20. The van der Waals surface area contributed by atoms with Crippen LogP contribution in [0.5, 0.6) is 0 Å². The molecule has 1 heterocycles. The molecular formula is C14H29IN4O. The van der Waals surface area contributed by atoms with E-state index in [1.54, 1.807) is 0 Å². The standard InChI is InChI=1S/C14H28N4O.HI/c1-2-15-14(17-12-13-4-5-13)16-6-3-7-18-8-10-19-11-9-18;/h13H,2-12H2,1H3,(H2,15,16,17);1H. The average molecular weight is 396 g/mol. The molecule has 1 saturated heterocycles. The summed E-state index contributed by atoms with van der Waals surface area (Å²) in [5.41, 5.74) is 0. The quantitative estimate of drug-likeness (QED) is 0.295. The monoisotopic (exact) mass is 396 g/mol. The molecule has 0 unspecified atom stereocenters. The highest BCUT2D eigenvalue weighted by Crippen LogP contribution is 2.28. The van der Waals surface area contributed by atoms with Gasteiger partial charge in [-0.15, -0.1) is 24.0 Å².